The van der Waals surface area contributed by atoms with E-state index in [0.717, 1.165) is 12.8 Å². The van der Waals surface area contributed by atoms with E-state index >= 15 is 0 Å². The van der Waals surface area contributed by atoms with Crippen LogP contribution in [0.15, 0.2) is 91.0 Å². The Morgan fingerprint density at radius 3 is 2.13 bits per heavy atom. The van der Waals surface area contributed by atoms with E-state index in [9.17, 15) is 0 Å². The van der Waals surface area contributed by atoms with Gasteiger partial charge in [0.2, 0.25) is 0 Å². The van der Waals surface area contributed by atoms with E-state index in [1.165, 1.54) is 71.4 Å². The summed E-state index contributed by atoms with van der Waals surface area (Å²) in [5.41, 5.74) is 16.0. The quantitative estimate of drug-likeness (QED) is 0.229. The average molecular weight is 484 g/mol. The molecule has 0 amide bonds. The molecule has 0 N–H and O–H groups in total. The maximum absolute atomic E-state index is 2.65. The van der Waals surface area contributed by atoms with E-state index < -0.39 is 0 Å². The Bertz CT molecular complexity index is 2230. The van der Waals surface area contributed by atoms with Gasteiger partial charge in [0.1, 0.15) is 0 Å². The molecule has 7 aromatic rings. The molecule has 2 aromatic heterocycles. The van der Waals surface area contributed by atoms with Crippen LogP contribution < -0.4 is 16.4 Å². The fourth-order valence-corrected chi connectivity index (χ4v) is 8.48. The monoisotopic (exact) mass is 484 g/mol. The predicted molar refractivity (Wildman–Crippen MR) is 161 cm³/mol. The van der Waals surface area contributed by atoms with Gasteiger partial charge in [0.25, 0.3) is 6.71 Å². The van der Waals surface area contributed by atoms with Crippen molar-refractivity contribution in [1.82, 2.24) is 9.13 Å². The summed E-state index contributed by atoms with van der Waals surface area (Å²) in [5, 5.41) is 5.62. The molecule has 4 heterocycles. The molecule has 0 saturated carbocycles. The van der Waals surface area contributed by atoms with Crippen LogP contribution in [0.2, 0.25) is 0 Å². The van der Waals surface area contributed by atoms with Gasteiger partial charge in [-0.3, -0.25) is 0 Å². The summed E-state index contributed by atoms with van der Waals surface area (Å²) in [6.07, 6.45) is 2.24. The molecule has 2 nitrogen and oxygen atoms in total. The highest BCUT2D eigenvalue weighted by Crippen LogP contribution is 2.48. The largest absolute Gasteiger partial charge is 0.310 e. The maximum Gasteiger partial charge on any atom is 0.252 e. The molecule has 0 fully saturated rings. The summed E-state index contributed by atoms with van der Waals surface area (Å²) in [7, 11) is 0. The summed E-state index contributed by atoms with van der Waals surface area (Å²) in [4.78, 5) is 0. The molecule has 10 rings (SSSR count). The van der Waals surface area contributed by atoms with Gasteiger partial charge < -0.3 is 9.13 Å². The van der Waals surface area contributed by atoms with Gasteiger partial charge in [0.15, 0.2) is 0 Å². The summed E-state index contributed by atoms with van der Waals surface area (Å²) >= 11 is 0. The lowest BCUT2D eigenvalue weighted by atomic mass is 9.34. The van der Waals surface area contributed by atoms with Gasteiger partial charge in [-0.1, -0.05) is 86.6 Å². The number of hydrogen-bond donors (Lipinski definition) is 0. The lowest BCUT2D eigenvalue weighted by Gasteiger charge is -2.34. The minimum atomic E-state index is 0.232. The van der Waals surface area contributed by atoms with E-state index in [1.807, 2.05) is 0 Å². The molecule has 0 spiro atoms. The molecular formula is C35H25BN2. The number of nitrogens with zero attached hydrogens (tertiary/aromatic N) is 2. The minimum absolute atomic E-state index is 0.232. The zero-order chi connectivity index (χ0) is 24.9. The number of aromatic nitrogens is 2. The second-order valence-corrected chi connectivity index (χ2v) is 12.4. The lowest BCUT2D eigenvalue weighted by molar-refractivity contribution is 0.393. The standard InChI is InChI=1S/C35H25BN2/c1-35(2)18-23-24(19-35)33-31-34-30(23)22-11-4-7-16-28(22)37(34)29-17-8-5-13-25(29)36(31)26-14-9-12-21-20-10-3-6-15-27(20)38(33)32(21)26/h3-17H,18-19H2,1-2H3. The molecule has 0 unspecified atom stereocenters. The van der Waals surface area contributed by atoms with Gasteiger partial charge in [-0.2, -0.15) is 0 Å². The van der Waals surface area contributed by atoms with Crippen molar-refractivity contribution in [3.63, 3.8) is 0 Å². The topological polar surface area (TPSA) is 9.86 Å². The molecule has 0 radical (unpaired) electrons. The van der Waals surface area contributed by atoms with Crippen LogP contribution in [0.4, 0.5) is 0 Å². The first kappa shape index (κ1) is 19.8. The Hall–Kier alpha value is -4.24. The molecule has 0 saturated heterocycles. The predicted octanol–water partition coefficient (Wildman–Crippen LogP) is 6.15. The number of benzene rings is 5. The average Bonchev–Trinajstić information content (AvgIpc) is 3.57. The number of para-hydroxylation sites is 4. The zero-order valence-electron chi connectivity index (χ0n) is 21.5. The van der Waals surface area contributed by atoms with Crippen LogP contribution in [0.3, 0.4) is 0 Å². The van der Waals surface area contributed by atoms with Crippen LogP contribution in [0.5, 0.6) is 0 Å². The molecule has 0 bridgehead atoms. The summed E-state index contributed by atoms with van der Waals surface area (Å²) in [5.74, 6) is 0. The van der Waals surface area contributed by atoms with Crippen molar-refractivity contribution in [2.24, 2.45) is 5.41 Å². The number of fused-ring (bicyclic) bond motifs is 14. The smallest absolute Gasteiger partial charge is 0.252 e. The highest BCUT2D eigenvalue weighted by molar-refractivity contribution is 7.00. The summed E-state index contributed by atoms with van der Waals surface area (Å²) in [6.45, 7) is 5.14. The van der Waals surface area contributed by atoms with E-state index in [0.29, 0.717) is 0 Å². The second kappa shape index (κ2) is 6.24. The Balaban J connectivity index is 1.57. The molecule has 0 atom stereocenters. The van der Waals surface area contributed by atoms with Gasteiger partial charge in [-0.15, -0.1) is 0 Å². The Morgan fingerprint density at radius 2 is 1.26 bits per heavy atom. The lowest BCUT2D eigenvalue weighted by Crippen LogP contribution is -2.59. The molecule has 5 aromatic carbocycles. The third kappa shape index (κ3) is 2.06. The van der Waals surface area contributed by atoms with Crippen LogP contribution in [-0.2, 0) is 12.8 Å². The van der Waals surface area contributed by atoms with Gasteiger partial charge in [-0.05, 0) is 64.0 Å². The van der Waals surface area contributed by atoms with Gasteiger partial charge in [-0.25, -0.2) is 0 Å². The molecule has 1 aliphatic carbocycles. The van der Waals surface area contributed by atoms with Gasteiger partial charge >= 0.3 is 0 Å². The highest BCUT2D eigenvalue weighted by Gasteiger charge is 2.45. The zero-order valence-corrected chi connectivity index (χ0v) is 21.5. The molecule has 2 aliphatic heterocycles. The van der Waals surface area contributed by atoms with Crippen molar-refractivity contribution in [3.8, 4) is 11.4 Å². The molecule has 3 aliphatic rings. The molecular weight excluding hydrogens is 459 g/mol. The summed E-state index contributed by atoms with van der Waals surface area (Å²) in [6, 6.07) is 34.3. The van der Waals surface area contributed by atoms with Crippen molar-refractivity contribution in [2.45, 2.75) is 26.7 Å². The third-order valence-corrected chi connectivity index (χ3v) is 9.69. The van der Waals surface area contributed by atoms with E-state index in [4.69, 9.17) is 0 Å². The van der Waals surface area contributed by atoms with E-state index in [-0.39, 0.29) is 12.1 Å². The fourth-order valence-electron chi connectivity index (χ4n) is 8.48. The van der Waals surface area contributed by atoms with Crippen LogP contribution >= 0.6 is 0 Å². The van der Waals surface area contributed by atoms with Gasteiger partial charge in [0, 0.05) is 38.4 Å². The Labute approximate surface area is 221 Å². The first-order valence-corrected chi connectivity index (χ1v) is 13.8. The summed E-state index contributed by atoms with van der Waals surface area (Å²) < 4.78 is 5.25. The van der Waals surface area contributed by atoms with Crippen LogP contribution in [0, 0.1) is 5.41 Å². The molecule has 178 valence electrons. The van der Waals surface area contributed by atoms with Crippen molar-refractivity contribution < 1.29 is 0 Å². The number of hydrogen-bond acceptors (Lipinski definition) is 0. The first-order valence-electron chi connectivity index (χ1n) is 13.8. The molecule has 38 heavy (non-hydrogen) atoms. The molecule has 3 heteroatoms. The third-order valence-electron chi connectivity index (χ3n) is 9.69. The van der Waals surface area contributed by atoms with E-state index in [2.05, 4.69) is 114 Å². The maximum atomic E-state index is 2.65. The normalized spacial score (nSPS) is 16.1. The minimum Gasteiger partial charge on any atom is -0.310 e. The second-order valence-electron chi connectivity index (χ2n) is 12.4. The van der Waals surface area contributed by atoms with Crippen LogP contribution in [-0.4, -0.2) is 15.8 Å². The SMILES string of the molecule is CC1(C)Cc2c3c4c5c(c2C1)c1ccccc1n5-c1ccccc1B4c1cccc2c4ccccc4n-3c12. The van der Waals surface area contributed by atoms with Crippen molar-refractivity contribution in [1.29, 1.82) is 0 Å². The Morgan fingerprint density at radius 1 is 0.605 bits per heavy atom. The Kier molecular flexibility index (Phi) is 3.26. The number of rotatable bonds is 0. The van der Waals surface area contributed by atoms with Crippen LogP contribution in [0.25, 0.3) is 55.0 Å². The van der Waals surface area contributed by atoms with Gasteiger partial charge in [0.05, 0.1) is 16.6 Å². The fraction of sp³-hybridized carbons (Fsp3) is 0.143. The van der Waals surface area contributed by atoms with Crippen molar-refractivity contribution in [3.05, 3.63) is 102 Å². The first-order chi connectivity index (χ1) is 18.6. The van der Waals surface area contributed by atoms with E-state index in [1.54, 1.807) is 11.1 Å². The van der Waals surface area contributed by atoms with Crippen molar-refractivity contribution >= 4 is 66.7 Å². The highest BCUT2D eigenvalue weighted by atomic mass is 15.0. The van der Waals surface area contributed by atoms with Crippen molar-refractivity contribution in [2.75, 3.05) is 0 Å². The van der Waals surface area contributed by atoms with Crippen LogP contribution in [0.1, 0.15) is 25.0 Å².